The zero-order valence-electron chi connectivity index (χ0n) is 16.4. The number of amides is 1. The van der Waals surface area contributed by atoms with Crippen molar-refractivity contribution >= 4 is 27.3 Å². The van der Waals surface area contributed by atoms with Gasteiger partial charge < -0.3 is 10.1 Å². The van der Waals surface area contributed by atoms with E-state index in [0.29, 0.717) is 12.4 Å². The Morgan fingerprint density at radius 2 is 1.90 bits per heavy atom. The molecule has 0 heterocycles. The average Bonchev–Trinajstić information content (AvgIpc) is 2.66. The second-order valence-corrected chi connectivity index (χ2v) is 8.24. The van der Waals surface area contributed by atoms with Crippen LogP contribution in [-0.2, 0) is 14.8 Å². The topological polar surface area (TPSA) is 119 Å². The van der Waals surface area contributed by atoms with E-state index in [2.05, 4.69) is 5.32 Å². The highest BCUT2D eigenvalue weighted by atomic mass is 32.2. The van der Waals surface area contributed by atoms with Crippen LogP contribution in [0.15, 0.2) is 48.5 Å². The maximum atomic E-state index is 12.5. The molecule has 9 nitrogen and oxygen atoms in total. The van der Waals surface area contributed by atoms with Gasteiger partial charge in [0, 0.05) is 12.1 Å². The third kappa shape index (κ3) is 6.18. The van der Waals surface area contributed by atoms with Crippen molar-refractivity contribution in [2.24, 2.45) is 0 Å². The molecule has 2 aromatic carbocycles. The first kappa shape index (κ1) is 22.2. The van der Waals surface area contributed by atoms with Crippen molar-refractivity contribution in [2.75, 3.05) is 23.7 Å². The average molecular weight is 421 g/mol. The summed E-state index contributed by atoms with van der Waals surface area (Å²) < 4.78 is 30.5. The number of anilines is 1. The Labute approximate surface area is 169 Å². The second-order valence-electron chi connectivity index (χ2n) is 6.34. The number of sulfonamides is 1. The summed E-state index contributed by atoms with van der Waals surface area (Å²) in [4.78, 5) is 22.8. The number of hydrogen-bond donors (Lipinski definition) is 1. The van der Waals surface area contributed by atoms with Crippen molar-refractivity contribution in [3.05, 3.63) is 64.2 Å². The van der Waals surface area contributed by atoms with Gasteiger partial charge in [-0.3, -0.25) is 19.2 Å². The number of nitro groups is 1. The number of nitro benzene ring substituents is 1. The minimum atomic E-state index is -3.83. The van der Waals surface area contributed by atoms with Gasteiger partial charge in [-0.25, -0.2) is 8.42 Å². The molecule has 0 radical (unpaired) electrons. The van der Waals surface area contributed by atoms with Gasteiger partial charge in [-0.1, -0.05) is 18.2 Å². The van der Waals surface area contributed by atoms with Crippen LogP contribution in [0.4, 0.5) is 11.4 Å². The van der Waals surface area contributed by atoms with Crippen LogP contribution in [0.5, 0.6) is 5.75 Å². The lowest BCUT2D eigenvalue weighted by molar-refractivity contribution is -0.384. The fraction of sp³-hybridized carbons (Fsp3) is 0.316. The molecule has 2 aromatic rings. The van der Waals surface area contributed by atoms with Crippen LogP contribution in [0, 0.1) is 10.1 Å². The molecule has 0 aliphatic heterocycles. The molecule has 1 atom stereocenters. The van der Waals surface area contributed by atoms with Crippen molar-refractivity contribution in [3.8, 4) is 5.75 Å². The maximum absolute atomic E-state index is 12.5. The Bertz CT molecular complexity index is 976. The van der Waals surface area contributed by atoms with Gasteiger partial charge in [0.05, 0.1) is 29.5 Å². The number of benzene rings is 2. The van der Waals surface area contributed by atoms with Gasteiger partial charge in [0.1, 0.15) is 12.3 Å². The van der Waals surface area contributed by atoms with E-state index in [1.165, 1.54) is 18.2 Å². The van der Waals surface area contributed by atoms with E-state index < -0.39 is 27.4 Å². The Balaban J connectivity index is 2.14. The number of nitrogens with one attached hydrogen (secondary N) is 1. The number of carbonyl (C=O) groups is 1. The lowest BCUT2D eigenvalue weighted by Crippen LogP contribution is -2.41. The Kier molecular flexibility index (Phi) is 7.16. The third-order valence-electron chi connectivity index (χ3n) is 4.08. The van der Waals surface area contributed by atoms with E-state index in [1.54, 1.807) is 19.1 Å². The monoisotopic (exact) mass is 421 g/mol. The molecule has 156 valence electrons. The second kappa shape index (κ2) is 9.37. The molecule has 0 aliphatic rings. The molecule has 0 fully saturated rings. The van der Waals surface area contributed by atoms with Gasteiger partial charge in [-0.2, -0.15) is 0 Å². The summed E-state index contributed by atoms with van der Waals surface area (Å²) in [5.41, 5.74) is 0.605. The van der Waals surface area contributed by atoms with Crippen LogP contribution in [0.2, 0.25) is 0 Å². The lowest BCUT2D eigenvalue weighted by atomic mass is 10.1. The summed E-state index contributed by atoms with van der Waals surface area (Å²) in [5, 5.41) is 13.7. The van der Waals surface area contributed by atoms with E-state index in [0.717, 1.165) is 22.2 Å². The van der Waals surface area contributed by atoms with Crippen LogP contribution in [0.1, 0.15) is 25.5 Å². The normalized spacial score (nSPS) is 12.1. The maximum Gasteiger partial charge on any atom is 0.271 e. The lowest BCUT2D eigenvalue weighted by Gasteiger charge is -2.23. The molecule has 2 rings (SSSR count). The molecule has 0 saturated carbocycles. The van der Waals surface area contributed by atoms with E-state index in [4.69, 9.17) is 4.74 Å². The highest BCUT2D eigenvalue weighted by Gasteiger charge is 2.23. The van der Waals surface area contributed by atoms with E-state index in [-0.39, 0.29) is 17.4 Å². The number of hydrogen-bond acceptors (Lipinski definition) is 6. The van der Waals surface area contributed by atoms with Crippen LogP contribution in [-0.4, -0.2) is 38.7 Å². The van der Waals surface area contributed by atoms with Gasteiger partial charge in [-0.15, -0.1) is 0 Å². The van der Waals surface area contributed by atoms with E-state index >= 15 is 0 Å². The molecule has 0 aliphatic carbocycles. The molecular formula is C19H23N3O6S. The minimum Gasteiger partial charge on any atom is -0.494 e. The first-order chi connectivity index (χ1) is 13.6. The Hall–Kier alpha value is -3.14. The largest absolute Gasteiger partial charge is 0.494 e. The molecule has 1 unspecified atom stereocenters. The molecule has 1 amide bonds. The summed E-state index contributed by atoms with van der Waals surface area (Å²) in [7, 11) is -3.83. The first-order valence-corrected chi connectivity index (χ1v) is 10.7. The predicted octanol–water partition coefficient (Wildman–Crippen LogP) is 2.64. The van der Waals surface area contributed by atoms with Gasteiger partial charge in [0.25, 0.3) is 5.69 Å². The summed E-state index contributed by atoms with van der Waals surface area (Å²) >= 11 is 0. The van der Waals surface area contributed by atoms with Gasteiger partial charge in [-0.05, 0) is 37.6 Å². The van der Waals surface area contributed by atoms with Gasteiger partial charge >= 0.3 is 0 Å². The van der Waals surface area contributed by atoms with Crippen LogP contribution < -0.4 is 14.4 Å². The molecule has 0 saturated heterocycles. The zero-order chi connectivity index (χ0) is 21.6. The number of rotatable bonds is 9. The number of nitrogens with zero attached hydrogens (tertiary/aromatic N) is 2. The van der Waals surface area contributed by atoms with Crippen LogP contribution in [0.25, 0.3) is 0 Å². The minimum absolute atomic E-state index is 0.0468. The third-order valence-corrected chi connectivity index (χ3v) is 5.23. The summed E-state index contributed by atoms with van der Waals surface area (Å²) in [5.74, 6) is 0.173. The van der Waals surface area contributed by atoms with Crippen LogP contribution in [0.3, 0.4) is 0 Å². The zero-order valence-corrected chi connectivity index (χ0v) is 17.2. The summed E-state index contributed by atoms with van der Waals surface area (Å²) in [6, 6.07) is 12.0. The fourth-order valence-corrected chi connectivity index (χ4v) is 3.53. The number of ether oxygens (including phenoxy) is 1. The Morgan fingerprint density at radius 3 is 2.45 bits per heavy atom. The SMILES string of the molecule is CCOc1ccc(C(C)NC(=O)CN(c2cccc([N+](=O)[O-])c2)S(C)(=O)=O)cc1. The highest BCUT2D eigenvalue weighted by Crippen LogP contribution is 2.23. The van der Waals surface area contributed by atoms with Gasteiger partial charge in [0.2, 0.25) is 15.9 Å². The summed E-state index contributed by atoms with van der Waals surface area (Å²) in [6.45, 7) is 3.70. The molecule has 0 aromatic heterocycles. The number of non-ortho nitro benzene ring substituents is 1. The van der Waals surface area contributed by atoms with Gasteiger partial charge in [0.15, 0.2) is 0 Å². The molecule has 10 heteroatoms. The predicted molar refractivity (Wildman–Crippen MR) is 109 cm³/mol. The first-order valence-electron chi connectivity index (χ1n) is 8.86. The molecule has 0 spiro atoms. The van der Waals surface area contributed by atoms with Crippen LogP contribution >= 0.6 is 0 Å². The quantitative estimate of drug-likeness (QED) is 0.491. The Morgan fingerprint density at radius 1 is 1.24 bits per heavy atom. The van der Waals surface area contributed by atoms with E-state index in [9.17, 15) is 23.3 Å². The molecular weight excluding hydrogens is 398 g/mol. The van der Waals surface area contributed by atoms with Crippen molar-refractivity contribution in [3.63, 3.8) is 0 Å². The molecule has 1 N–H and O–H groups in total. The fourth-order valence-electron chi connectivity index (χ4n) is 2.68. The standard InChI is InChI=1S/C19H23N3O6S/c1-4-28-18-10-8-15(9-11-18)14(2)20-19(23)13-21(29(3,26)27)16-6-5-7-17(12-16)22(24)25/h5-12,14H,4,13H2,1-3H3,(H,20,23). The van der Waals surface area contributed by atoms with E-state index in [1.807, 2.05) is 19.1 Å². The molecule has 29 heavy (non-hydrogen) atoms. The van der Waals surface area contributed by atoms with Crippen molar-refractivity contribution in [2.45, 2.75) is 19.9 Å². The van der Waals surface area contributed by atoms with Crippen molar-refractivity contribution in [1.29, 1.82) is 0 Å². The smallest absolute Gasteiger partial charge is 0.271 e. The van der Waals surface area contributed by atoms with Crippen molar-refractivity contribution in [1.82, 2.24) is 5.32 Å². The van der Waals surface area contributed by atoms with Crippen molar-refractivity contribution < 1.29 is 22.9 Å². The highest BCUT2D eigenvalue weighted by molar-refractivity contribution is 7.92. The molecule has 0 bridgehead atoms. The summed E-state index contributed by atoms with van der Waals surface area (Å²) in [6.07, 6.45) is 0.939. The number of carbonyl (C=O) groups excluding carboxylic acids is 1.